The summed E-state index contributed by atoms with van der Waals surface area (Å²) in [6.45, 7) is 0.346. The van der Waals surface area contributed by atoms with Crippen molar-refractivity contribution in [2.24, 2.45) is 0 Å². The zero-order valence-electron chi connectivity index (χ0n) is 9.50. The summed E-state index contributed by atoms with van der Waals surface area (Å²) in [5.74, 6) is -0.371. The van der Waals surface area contributed by atoms with E-state index in [9.17, 15) is 14.9 Å². The number of nitro benzene ring substituents is 1. The highest BCUT2D eigenvalue weighted by Crippen LogP contribution is 2.22. The molecule has 0 saturated heterocycles. The lowest BCUT2D eigenvalue weighted by Crippen LogP contribution is -2.22. The number of benzene rings is 1. The van der Waals surface area contributed by atoms with Crippen LogP contribution in [0.2, 0.25) is 0 Å². The number of aromatic nitrogens is 1. The van der Waals surface area contributed by atoms with Gasteiger partial charge in [-0.1, -0.05) is 0 Å². The van der Waals surface area contributed by atoms with E-state index in [2.05, 4.69) is 26.2 Å². The monoisotopic (exact) mass is 341 g/mol. The fourth-order valence-electron chi connectivity index (χ4n) is 1.39. The number of nitrogens with zero attached hydrogens (tertiary/aromatic N) is 2. The number of non-ortho nitro benzene ring substituents is 1. The Hall–Kier alpha value is -1.80. The third-order valence-corrected chi connectivity index (χ3v) is 3.78. The molecule has 0 saturated carbocycles. The van der Waals surface area contributed by atoms with Crippen molar-refractivity contribution in [2.75, 3.05) is 0 Å². The summed E-state index contributed by atoms with van der Waals surface area (Å²) in [5, 5.41) is 13.4. The summed E-state index contributed by atoms with van der Waals surface area (Å²) in [7, 11) is 0. The molecule has 0 unspecified atom stereocenters. The fraction of sp³-hybridized carbons (Fsp3) is 0.0909. The topological polar surface area (TPSA) is 85.1 Å². The van der Waals surface area contributed by atoms with Crippen molar-refractivity contribution in [1.82, 2.24) is 10.3 Å². The van der Waals surface area contributed by atoms with Crippen LogP contribution in [0.25, 0.3) is 0 Å². The van der Waals surface area contributed by atoms with E-state index in [0.29, 0.717) is 11.0 Å². The van der Waals surface area contributed by atoms with Crippen LogP contribution in [0.1, 0.15) is 15.2 Å². The van der Waals surface area contributed by atoms with E-state index in [-0.39, 0.29) is 17.2 Å². The molecule has 1 heterocycles. The van der Waals surface area contributed by atoms with Crippen LogP contribution in [-0.4, -0.2) is 15.8 Å². The Morgan fingerprint density at radius 2 is 2.32 bits per heavy atom. The first-order valence-electron chi connectivity index (χ1n) is 5.17. The molecule has 0 fully saturated rings. The molecule has 1 aromatic carbocycles. The molecule has 0 bridgehead atoms. The standard InChI is InChI=1S/C11H8BrN3O3S/c12-10-2-1-7(15(17)18)3-9(10)11(16)14-5-8-4-13-6-19-8/h1-4,6H,5H2,(H,14,16). The van der Waals surface area contributed by atoms with Gasteiger partial charge in [0.25, 0.3) is 11.6 Å². The molecule has 2 rings (SSSR count). The van der Waals surface area contributed by atoms with Gasteiger partial charge in [0.15, 0.2) is 0 Å². The molecule has 19 heavy (non-hydrogen) atoms. The Labute approximate surface area is 120 Å². The van der Waals surface area contributed by atoms with E-state index in [0.717, 1.165) is 4.88 Å². The van der Waals surface area contributed by atoms with Gasteiger partial charge in [-0.05, 0) is 22.0 Å². The van der Waals surface area contributed by atoms with Gasteiger partial charge in [-0.2, -0.15) is 0 Å². The molecule has 6 nitrogen and oxygen atoms in total. The van der Waals surface area contributed by atoms with Crippen molar-refractivity contribution in [3.63, 3.8) is 0 Å². The first-order valence-corrected chi connectivity index (χ1v) is 6.84. The molecule has 0 atom stereocenters. The second kappa shape index (κ2) is 5.89. The van der Waals surface area contributed by atoms with E-state index in [1.807, 2.05) is 0 Å². The Balaban J connectivity index is 2.14. The molecule has 0 aliphatic rings. The van der Waals surface area contributed by atoms with E-state index in [1.165, 1.54) is 29.5 Å². The van der Waals surface area contributed by atoms with E-state index < -0.39 is 4.92 Å². The first-order chi connectivity index (χ1) is 9.08. The maximum Gasteiger partial charge on any atom is 0.270 e. The predicted molar refractivity (Wildman–Crippen MR) is 74.1 cm³/mol. The number of carbonyl (C=O) groups is 1. The summed E-state index contributed by atoms with van der Waals surface area (Å²) < 4.78 is 0.514. The molecule has 2 aromatic rings. The van der Waals surface area contributed by atoms with Crippen LogP contribution >= 0.6 is 27.3 Å². The number of nitro groups is 1. The van der Waals surface area contributed by atoms with E-state index in [4.69, 9.17) is 0 Å². The zero-order chi connectivity index (χ0) is 13.8. The number of hydrogen-bond acceptors (Lipinski definition) is 5. The third-order valence-electron chi connectivity index (χ3n) is 2.31. The Morgan fingerprint density at radius 1 is 1.53 bits per heavy atom. The highest BCUT2D eigenvalue weighted by Gasteiger charge is 2.15. The van der Waals surface area contributed by atoms with Gasteiger partial charge in [-0.15, -0.1) is 11.3 Å². The lowest BCUT2D eigenvalue weighted by Gasteiger charge is -2.05. The van der Waals surface area contributed by atoms with Gasteiger partial charge in [0, 0.05) is 27.7 Å². The Kier molecular flexibility index (Phi) is 4.23. The highest BCUT2D eigenvalue weighted by molar-refractivity contribution is 9.10. The van der Waals surface area contributed by atoms with Crippen molar-refractivity contribution in [3.05, 3.63) is 54.9 Å². The molecule has 98 valence electrons. The van der Waals surface area contributed by atoms with Crippen LogP contribution in [-0.2, 0) is 6.54 Å². The quantitative estimate of drug-likeness (QED) is 0.684. The summed E-state index contributed by atoms with van der Waals surface area (Å²) in [4.78, 5) is 26.9. The number of rotatable bonds is 4. The highest BCUT2D eigenvalue weighted by atomic mass is 79.9. The number of halogens is 1. The van der Waals surface area contributed by atoms with Gasteiger partial charge >= 0.3 is 0 Å². The number of nitrogens with one attached hydrogen (secondary N) is 1. The second-order valence-electron chi connectivity index (χ2n) is 3.57. The van der Waals surface area contributed by atoms with Crippen LogP contribution in [0, 0.1) is 10.1 Å². The number of carbonyl (C=O) groups excluding carboxylic acids is 1. The van der Waals surface area contributed by atoms with Crippen LogP contribution in [0.3, 0.4) is 0 Å². The van der Waals surface area contributed by atoms with Gasteiger partial charge in [0.1, 0.15) is 0 Å². The van der Waals surface area contributed by atoms with Crippen molar-refractivity contribution in [2.45, 2.75) is 6.54 Å². The smallest absolute Gasteiger partial charge is 0.270 e. The lowest BCUT2D eigenvalue weighted by molar-refractivity contribution is -0.384. The van der Waals surface area contributed by atoms with Crippen molar-refractivity contribution in [1.29, 1.82) is 0 Å². The molecule has 1 amide bonds. The fourth-order valence-corrected chi connectivity index (χ4v) is 2.35. The van der Waals surface area contributed by atoms with Gasteiger partial charge in [0.2, 0.25) is 0 Å². The molecule has 1 N–H and O–H groups in total. The third kappa shape index (κ3) is 3.36. The van der Waals surface area contributed by atoms with Crippen molar-refractivity contribution in [3.8, 4) is 0 Å². The normalized spacial score (nSPS) is 10.2. The maximum absolute atomic E-state index is 12.0. The minimum absolute atomic E-state index is 0.119. The average molecular weight is 342 g/mol. The molecule has 0 aliphatic carbocycles. The Bertz CT molecular complexity index is 616. The zero-order valence-corrected chi connectivity index (χ0v) is 11.9. The van der Waals surface area contributed by atoms with Gasteiger partial charge in [0.05, 0.1) is 22.5 Å². The van der Waals surface area contributed by atoms with Crippen LogP contribution < -0.4 is 5.32 Å². The van der Waals surface area contributed by atoms with Crippen molar-refractivity contribution < 1.29 is 9.72 Å². The second-order valence-corrected chi connectivity index (χ2v) is 5.40. The molecule has 8 heteroatoms. The minimum Gasteiger partial charge on any atom is -0.347 e. The average Bonchev–Trinajstić information content (AvgIpc) is 2.89. The molecular formula is C11H8BrN3O3S. The Morgan fingerprint density at radius 3 is 2.95 bits per heavy atom. The summed E-state index contributed by atoms with van der Waals surface area (Å²) in [6, 6.07) is 4.07. The molecule has 0 radical (unpaired) electrons. The van der Waals surface area contributed by atoms with Gasteiger partial charge in [-0.3, -0.25) is 19.9 Å². The van der Waals surface area contributed by atoms with Crippen LogP contribution in [0.15, 0.2) is 34.4 Å². The first kappa shape index (κ1) is 13.6. The molecular weight excluding hydrogens is 334 g/mol. The minimum atomic E-state index is -0.535. The van der Waals surface area contributed by atoms with Gasteiger partial charge < -0.3 is 5.32 Å². The van der Waals surface area contributed by atoms with Crippen LogP contribution in [0.4, 0.5) is 5.69 Å². The number of amides is 1. The summed E-state index contributed by atoms with van der Waals surface area (Å²) in [6.07, 6.45) is 1.66. The van der Waals surface area contributed by atoms with Gasteiger partial charge in [-0.25, -0.2) is 0 Å². The van der Waals surface area contributed by atoms with Crippen LogP contribution in [0.5, 0.6) is 0 Å². The lowest BCUT2D eigenvalue weighted by atomic mass is 10.2. The van der Waals surface area contributed by atoms with E-state index >= 15 is 0 Å². The molecule has 0 spiro atoms. The number of thiazole rings is 1. The molecule has 0 aliphatic heterocycles. The largest absolute Gasteiger partial charge is 0.347 e. The predicted octanol–water partition coefficient (Wildman–Crippen LogP) is 2.74. The van der Waals surface area contributed by atoms with Crippen molar-refractivity contribution >= 4 is 38.9 Å². The molecule has 1 aromatic heterocycles. The number of hydrogen-bond donors (Lipinski definition) is 1. The SMILES string of the molecule is O=C(NCc1cncs1)c1cc([N+](=O)[O-])ccc1Br. The summed E-state index contributed by atoms with van der Waals surface area (Å²) >= 11 is 4.63. The summed E-state index contributed by atoms with van der Waals surface area (Å²) in [5.41, 5.74) is 1.79. The maximum atomic E-state index is 12.0. The van der Waals surface area contributed by atoms with E-state index in [1.54, 1.807) is 11.7 Å².